The summed E-state index contributed by atoms with van der Waals surface area (Å²) in [4.78, 5) is 17.7. The number of pyridine rings is 1. The summed E-state index contributed by atoms with van der Waals surface area (Å²) >= 11 is 0. The molecule has 0 saturated heterocycles. The second-order valence-corrected chi connectivity index (χ2v) is 7.24. The van der Waals surface area contributed by atoms with Gasteiger partial charge in [0.05, 0.1) is 18.8 Å². The number of ether oxygens (including phenoxy) is 1. The molecule has 3 N–H and O–H groups in total. The van der Waals surface area contributed by atoms with Gasteiger partial charge in [-0.2, -0.15) is 0 Å². The summed E-state index contributed by atoms with van der Waals surface area (Å²) in [7, 11) is 0. The van der Waals surface area contributed by atoms with Crippen LogP contribution in [0.25, 0.3) is 33.4 Å². The van der Waals surface area contributed by atoms with Crippen molar-refractivity contribution in [2.45, 2.75) is 13.5 Å². The number of aliphatic hydroxyl groups excluding tert-OH is 1. The minimum Gasteiger partial charge on any atom is -0.462 e. The zero-order valence-electron chi connectivity index (χ0n) is 17.8. The molecule has 0 aliphatic carbocycles. The van der Waals surface area contributed by atoms with E-state index in [-0.39, 0.29) is 13.2 Å². The Morgan fingerprint density at radius 1 is 0.875 bits per heavy atom. The van der Waals surface area contributed by atoms with Crippen molar-refractivity contribution in [2.75, 3.05) is 12.3 Å². The maximum Gasteiger partial charge on any atom is 0.339 e. The van der Waals surface area contributed by atoms with Gasteiger partial charge in [0.1, 0.15) is 0 Å². The number of carbonyl (C=O) groups is 1. The molecule has 0 amide bonds. The number of nitrogen functional groups attached to an aromatic ring is 1. The Kier molecular flexibility index (Phi) is 6.29. The monoisotopic (exact) mass is 424 g/mol. The fourth-order valence-electron chi connectivity index (χ4n) is 4.02. The summed E-state index contributed by atoms with van der Waals surface area (Å²) < 4.78 is 5.51. The summed E-state index contributed by atoms with van der Waals surface area (Å²) in [6.07, 6.45) is 3.38. The van der Waals surface area contributed by atoms with Crippen molar-refractivity contribution in [1.29, 1.82) is 0 Å². The number of aromatic nitrogens is 1. The Labute approximate surface area is 187 Å². The second kappa shape index (κ2) is 9.45. The standard InChI is InChI=1S/C27H24N2O3/c1-2-32-27(31)25-22(18-10-5-3-6-11-18)21(17-30)26(28)24(20-14-9-15-29-16-20)23(25)19-12-7-4-8-13-19/h3-16,30H,2,17,28H2,1H3. The fourth-order valence-corrected chi connectivity index (χ4v) is 4.02. The molecule has 0 spiro atoms. The highest BCUT2D eigenvalue weighted by molar-refractivity contribution is 6.12. The smallest absolute Gasteiger partial charge is 0.339 e. The SMILES string of the molecule is CCOC(=O)c1c(-c2ccccc2)c(CO)c(N)c(-c2cccnc2)c1-c1ccccc1. The molecular weight excluding hydrogens is 400 g/mol. The first kappa shape index (κ1) is 21.3. The third-order valence-electron chi connectivity index (χ3n) is 5.36. The zero-order valence-corrected chi connectivity index (χ0v) is 17.8. The van der Waals surface area contributed by atoms with Crippen LogP contribution in [0.1, 0.15) is 22.8 Å². The number of rotatable bonds is 6. The molecule has 32 heavy (non-hydrogen) atoms. The first-order valence-corrected chi connectivity index (χ1v) is 10.4. The minimum absolute atomic E-state index is 0.225. The summed E-state index contributed by atoms with van der Waals surface area (Å²) in [5.74, 6) is -0.468. The topological polar surface area (TPSA) is 85.4 Å². The van der Waals surface area contributed by atoms with Gasteiger partial charge in [-0.25, -0.2) is 4.79 Å². The van der Waals surface area contributed by atoms with Gasteiger partial charge >= 0.3 is 5.97 Å². The van der Waals surface area contributed by atoms with Crippen molar-refractivity contribution in [3.63, 3.8) is 0 Å². The molecule has 160 valence electrons. The first-order valence-electron chi connectivity index (χ1n) is 10.4. The van der Waals surface area contributed by atoms with Crippen LogP contribution in [0.4, 0.5) is 5.69 Å². The lowest BCUT2D eigenvalue weighted by Gasteiger charge is -2.24. The Hall–Kier alpha value is -3.96. The van der Waals surface area contributed by atoms with E-state index in [1.54, 1.807) is 19.3 Å². The summed E-state index contributed by atoms with van der Waals surface area (Å²) in [5.41, 5.74) is 12.2. The number of carbonyl (C=O) groups excluding carboxylic acids is 1. The van der Waals surface area contributed by atoms with E-state index in [0.29, 0.717) is 33.5 Å². The van der Waals surface area contributed by atoms with Gasteiger partial charge in [-0.3, -0.25) is 4.98 Å². The molecule has 1 aromatic heterocycles. The highest BCUT2D eigenvalue weighted by Crippen LogP contribution is 2.46. The number of nitrogens with zero attached hydrogens (tertiary/aromatic N) is 1. The molecule has 1 heterocycles. The van der Waals surface area contributed by atoms with Crippen LogP contribution in [-0.2, 0) is 11.3 Å². The molecule has 0 saturated carbocycles. The van der Waals surface area contributed by atoms with Gasteiger partial charge in [-0.15, -0.1) is 0 Å². The van der Waals surface area contributed by atoms with Gasteiger partial charge in [-0.05, 0) is 24.1 Å². The lowest BCUT2D eigenvalue weighted by Crippen LogP contribution is -2.14. The first-order chi connectivity index (χ1) is 15.7. The van der Waals surface area contributed by atoms with Crippen molar-refractivity contribution in [3.05, 3.63) is 96.3 Å². The van der Waals surface area contributed by atoms with Gasteiger partial charge in [0, 0.05) is 45.9 Å². The Balaban J connectivity index is 2.23. The van der Waals surface area contributed by atoms with Crippen LogP contribution >= 0.6 is 0 Å². The molecular formula is C27H24N2O3. The van der Waals surface area contributed by atoms with Crippen LogP contribution in [-0.4, -0.2) is 22.7 Å². The van der Waals surface area contributed by atoms with Crippen molar-refractivity contribution < 1.29 is 14.6 Å². The normalized spacial score (nSPS) is 10.7. The average Bonchev–Trinajstić information content (AvgIpc) is 2.85. The zero-order chi connectivity index (χ0) is 22.5. The number of anilines is 1. The third kappa shape index (κ3) is 3.86. The van der Waals surface area contributed by atoms with Crippen LogP contribution in [0, 0.1) is 0 Å². The molecule has 0 radical (unpaired) electrons. The van der Waals surface area contributed by atoms with Gasteiger partial charge < -0.3 is 15.6 Å². The van der Waals surface area contributed by atoms with E-state index >= 15 is 0 Å². The third-order valence-corrected chi connectivity index (χ3v) is 5.36. The molecule has 0 aliphatic rings. The van der Waals surface area contributed by atoms with Gasteiger partial charge in [0.2, 0.25) is 0 Å². The number of esters is 1. The predicted molar refractivity (Wildman–Crippen MR) is 127 cm³/mol. The molecule has 0 bridgehead atoms. The molecule has 3 aromatic carbocycles. The second-order valence-electron chi connectivity index (χ2n) is 7.24. The molecule has 0 atom stereocenters. The van der Waals surface area contributed by atoms with Crippen molar-refractivity contribution in [3.8, 4) is 33.4 Å². The summed E-state index contributed by atoms with van der Waals surface area (Å²) in [6.45, 7) is 1.67. The van der Waals surface area contributed by atoms with E-state index in [2.05, 4.69) is 4.98 Å². The lowest BCUT2D eigenvalue weighted by atomic mass is 9.81. The molecule has 5 heteroatoms. The number of hydrogen-bond acceptors (Lipinski definition) is 5. The van der Waals surface area contributed by atoms with E-state index in [9.17, 15) is 9.90 Å². The molecule has 0 aliphatic heterocycles. The number of nitrogens with two attached hydrogens (primary N) is 1. The van der Waals surface area contributed by atoms with Crippen molar-refractivity contribution in [2.24, 2.45) is 0 Å². The van der Waals surface area contributed by atoms with Crippen LogP contribution in [0.3, 0.4) is 0 Å². The number of benzene rings is 3. The summed E-state index contributed by atoms with van der Waals surface area (Å²) in [5, 5.41) is 10.4. The average molecular weight is 425 g/mol. The molecule has 0 unspecified atom stereocenters. The van der Waals surface area contributed by atoms with E-state index in [0.717, 1.165) is 16.7 Å². The molecule has 4 aromatic rings. The maximum absolute atomic E-state index is 13.4. The van der Waals surface area contributed by atoms with Crippen molar-refractivity contribution >= 4 is 11.7 Å². The Morgan fingerprint density at radius 2 is 1.47 bits per heavy atom. The Bertz CT molecular complexity index is 1220. The molecule has 5 nitrogen and oxygen atoms in total. The minimum atomic E-state index is -0.468. The van der Waals surface area contributed by atoms with Crippen LogP contribution in [0.2, 0.25) is 0 Å². The van der Waals surface area contributed by atoms with E-state index in [1.165, 1.54) is 0 Å². The lowest BCUT2D eigenvalue weighted by molar-refractivity contribution is 0.0528. The van der Waals surface area contributed by atoms with Crippen LogP contribution in [0.15, 0.2) is 85.2 Å². The van der Waals surface area contributed by atoms with Crippen molar-refractivity contribution in [1.82, 2.24) is 4.98 Å². The maximum atomic E-state index is 13.4. The van der Waals surface area contributed by atoms with Crippen LogP contribution in [0.5, 0.6) is 0 Å². The van der Waals surface area contributed by atoms with Gasteiger partial charge in [0.25, 0.3) is 0 Å². The van der Waals surface area contributed by atoms with E-state index in [4.69, 9.17) is 10.5 Å². The Morgan fingerprint density at radius 3 is 2.00 bits per heavy atom. The van der Waals surface area contributed by atoms with Gasteiger partial charge in [-0.1, -0.05) is 66.7 Å². The quantitative estimate of drug-likeness (QED) is 0.323. The molecule has 4 rings (SSSR count). The highest BCUT2D eigenvalue weighted by atomic mass is 16.5. The van der Waals surface area contributed by atoms with Crippen LogP contribution < -0.4 is 5.73 Å². The number of hydrogen-bond donors (Lipinski definition) is 2. The van der Waals surface area contributed by atoms with E-state index < -0.39 is 5.97 Å². The van der Waals surface area contributed by atoms with E-state index in [1.807, 2.05) is 72.8 Å². The largest absolute Gasteiger partial charge is 0.462 e. The fraction of sp³-hybridized carbons (Fsp3) is 0.111. The summed E-state index contributed by atoms with van der Waals surface area (Å²) in [6, 6.07) is 22.8. The highest BCUT2D eigenvalue weighted by Gasteiger charge is 2.29. The van der Waals surface area contributed by atoms with Gasteiger partial charge in [0.15, 0.2) is 0 Å². The predicted octanol–water partition coefficient (Wildman–Crippen LogP) is 5.33. The number of aliphatic hydroxyl groups is 1. The molecule has 0 fully saturated rings.